The maximum atomic E-state index is 12.7. The first-order chi connectivity index (χ1) is 13.1. The third kappa shape index (κ3) is 2.59. The highest BCUT2D eigenvalue weighted by Crippen LogP contribution is 2.29. The molecule has 1 aliphatic heterocycles. The van der Waals surface area contributed by atoms with Gasteiger partial charge in [0.15, 0.2) is 11.3 Å². The summed E-state index contributed by atoms with van der Waals surface area (Å²) in [4.78, 5) is 26.0. The van der Waals surface area contributed by atoms with Crippen LogP contribution in [-0.2, 0) is 7.05 Å². The molecule has 0 bridgehead atoms. The summed E-state index contributed by atoms with van der Waals surface area (Å²) in [6.07, 6.45) is 6.06. The van der Waals surface area contributed by atoms with Gasteiger partial charge in [-0.15, -0.1) is 0 Å². The number of imidazole rings is 1. The molecule has 1 atom stereocenters. The predicted molar refractivity (Wildman–Crippen MR) is 105 cm³/mol. The van der Waals surface area contributed by atoms with Crippen molar-refractivity contribution in [2.45, 2.75) is 19.4 Å². The van der Waals surface area contributed by atoms with Gasteiger partial charge in [0.25, 0.3) is 0 Å². The van der Waals surface area contributed by atoms with Crippen molar-refractivity contribution >= 4 is 40.2 Å². The summed E-state index contributed by atoms with van der Waals surface area (Å²) in [5.41, 5.74) is 4.01. The van der Waals surface area contributed by atoms with Gasteiger partial charge >= 0.3 is 5.69 Å². The Bertz CT molecular complexity index is 1220. The highest BCUT2D eigenvalue weighted by Gasteiger charge is 2.24. The molecule has 0 aliphatic carbocycles. The Morgan fingerprint density at radius 3 is 3.04 bits per heavy atom. The zero-order chi connectivity index (χ0) is 18.5. The Morgan fingerprint density at radius 2 is 2.22 bits per heavy atom. The molecule has 0 amide bonds. The van der Waals surface area contributed by atoms with Gasteiger partial charge in [0, 0.05) is 12.8 Å². The minimum absolute atomic E-state index is 0.0378. The van der Waals surface area contributed by atoms with Crippen LogP contribution in [0, 0.1) is 6.92 Å². The number of hydrogen-bond acceptors (Lipinski definition) is 7. The fraction of sp³-hybridized carbons (Fsp3) is 0.353. The summed E-state index contributed by atoms with van der Waals surface area (Å²) < 4.78 is 5.13. The summed E-state index contributed by atoms with van der Waals surface area (Å²) in [6, 6.07) is 2.13. The summed E-state index contributed by atoms with van der Waals surface area (Å²) in [7, 11) is 1.77. The fourth-order valence-electron chi connectivity index (χ4n) is 3.46. The number of aromatic nitrogens is 7. The smallest absolute Gasteiger partial charge is 0.323 e. The highest BCUT2D eigenvalue weighted by atomic mass is 32.2. The lowest BCUT2D eigenvalue weighted by Crippen LogP contribution is -2.26. The van der Waals surface area contributed by atoms with E-state index in [1.165, 1.54) is 6.33 Å². The van der Waals surface area contributed by atoms with E-state index in [0.29, 0.717) is 11.6 Å². The number of aryl methyl sites for hydroxylation is 2. The van der Waals surface area contributed by atoms with Gasteiger partial charge in [-0.3, -0.25) is 9.13 Å². The minimum atomic E-state index is -0.0378. The molecule has 0 spiro atoms. The Morgan fingerprint density at radius 1 is 1.33 bits per heavy atom. The molecule has 0 radical (unpaired) electrons. The lowest BCUT2D eigenvalue weighted by atomic mass is 10.2. The van der Waals surface area contributed by atoms with E-state index in [2.05, 4.69) is 25.4 Å². The van der Waals surface area contributed by atoms with Crippen LogP contribution in [0.25, 0.3) is 16.8 Å². The average molecular weight is 382 g/mol. The van der Waals surface area contributed by atoms with Crippen molar-refractivity contribution in [2.75, 3.05) is 16.8 Å². The van der Waals surface area contributed by atoms with E-state index in [1.54, 1.807) is 22.3 Å². The van der Waals surface area contributed by atoms with Gasteiger partial charge in [0.2, 0.25) is 5.95 Å². The van der Waals surface area contributed by atoms with Crippen LogP contribution in [-0.4, -0.2) is 45.2 Å². The van der Waals surface area contributed by atoms with E-state index in [9.17, 15) is 4.79 Å². The second kappa shape index (κ2) is 6.08. The quantitative estimate of drug-likeness (QED) is 0.578. The van der Waals surface area contributed by atoms with Crippen molar-refractivity contribution in [3.63, 3.8) is 0 Å². The molecule has 5 heterocycles. The number of rotatable bonds is 3. The fourth-order valence-corrected chi connectivity index (χ4v) is 4.65. The van der Waals surface area contributed by atoms with Crippen molar-refractivity contribution < 1.29 is 0 Å². The second-order valence-electron chi connectivity index (χ2n) is 6.69. The maximum Gasteiger partial charge on any atom is 0.330 e. The molecule has 10 heteroatoms. The van der Waals surface area contributed by atoms with Gasteiger partial charge in [-0.25, -0.2) is 19.3 Å². The Balaban J connectivity index is 1.60. The number of fused-ring (bicyclic) bond motifs is 2. The predicted octanol–water partition coefficient (Wildman–Crippen LogP) is 1.90. The maximum absolute atomic E-state index is 12.7. The first-order valence-corrected chi connectivity index (χ1v) is 9.86. The van der Waals surface area contributed by atoms with E-state index in [4.69, 9.17) is 0 Å². The van der Waals surface area contributed by atoms with Crippen LogP contribution in [0.3, 0.4) is 0 Å². The Kier molecular flexibility index (Phi) is 3.67. The molecule has 1 saturated heterocycles. The third-order valence-electron chi connectivity index (χ3n) is 4.97. The van der Waals surface area contributed by atoms with Crippen LogP contribution in [0.2, 0.25) is 0 Å². The average Bonchev–Trinajstić information content (AvgIpc) is 3.37. The molecule has 27 heavy (non-hydrogen) atoms. The van der Waals surface area contributed by atoms with Crippen LogP contribution >= 0.6 is 11.8 Å². The number of nitrogens with one attached hydrogen (secondary N) is 1. The largest absolute Gasteiger partial charge is 0.330 e. The van der Waals surface area contributed by atoms with Crippen LogP contribution in [0.1, 0.15) is 18.0 Å². The van der Waals surface area contributed by atoms with E-state index in [0.717, 1.165) is 40.3 Å². The first-order valence-electron chi connectivity index (χ1n) is 8.70. The SMILES string of the molecule is Cc1cc2ncnn2cc1Nc1ncc2c(n1)n([C@@H]1CCSC1)c(=O)n2C. The van der Waals surface area contributed by atoms with Gasteiger partial charge in [0.05, 0.1) is 24.1 Å². The Hall–Kier alpha value is -2.88. The lowest BCUT2D eigenvalue weighted by molar-refractivity contribution is 0.544. The van der Waals surface area contributed by atoms with Crippen molar-refractivity contribution in [3.05, 3.63) is 40.8 Å². The molecule has 0 saturated carbocycles. The number of anilines is 2. The Labute approximate surface area is 158 Å². The molecule has 1 N–H and O–H groups in total. The minimum Gasteiger partial charge on any atom is -0.323 e. The molecule has 5 rings (SSSR count). The molecule has 4 aromatic rings. The van der Waals surface area contributed by atoms with Crippen molar-refractivity contribution in [1.29, 1.82) is 0 Å². The monoisotopic (exact) mass is 382 g/mol. The number of thioether (sulfide) groups is 1. The van der Waals surface area contributed by atoms with Crippen LogP contribution in [0.5, 0.6) is 0 Å². The van der Waals surface area contributed by atoms with Crippen molar-refractivity contribution in [1.82, 2.24) is 33.7 Å². The molecule has 1 aliphatic rings. The summed E-state index contributed by atoms with van der Waals surface area (Å²) in [6.45, 7) is 1.99. The number of hydrogen-bond donors (Lipinski definition) is 1. The van der Waals surface area contributed by atoms with Crippen molar-refractivity contribution in [3.8, 4) is 0 Å². The number of nitrogens with zero attached hydrogens (tertiary/aromatic N) is 7. The molecule has 138 valence electrons. The number of pyridine rings is 1. The summed E-state index contributed by atoms with van der Waals surface area (Å²) in [5, 5.41) is 7.42. The van der Waals surface area contributed by atoms with Gasteiger partial charge in [-0.2, -0.15) is 21.8 Å². The van der Waals surface area contributed by atoms with Crippen molar-refractivity contribution in [2.24, 2.45) is 7.05 Å². The molecular formula is C17H18N8OS. The molecule has 9 nitrogen and oxygen atoms in total. The lowest BCUT2D eigenvalue weighted by Gasteiger charge is -2.11. The topological polar surface area (TPSA) is 94.9 Å². The second-order valence-corrected chi connectivity index (χ2v) is 7.84. The normalized spacial score (nSPS) is 17.2. The zero-order valence-electron chi connectivity index (χ0n) is 15.0. The van der Waals surface area contributed by atoms with Gasteiger partial charge in [-0.05, 0) is 30.7 Å². The van der Waals surface area contributed by atoms with Crippen LogP contribution in [0.15, 0.2) is 29.6 Å². The van der Waals surface area contributed by atoms with E-state index in [-0.39, 0.29) is 11.7 Å². The highest BCUT2D eigenvalue weighted by molar-refractivity contribution is 7.99. The summed E-state index contributed by atoms with van der Waals surface area (Å²) in [5.74, 6) is 2.46. The van der Waals surface area contributed by atoms with E-state index in [1.807, 2.05) is 35.5 Å². The van der Waals surface area contributed by atoms with Crippen LogP contribution < -0.4 is 11.0 Å². The molecule has 1 fully saturated rings. The molecular weight excluding hydrogens is 364 g/mol. The standard InChI is InChI=1S/C17H18N8OS/c1-10-5-14-19-9-20-24(14)7-12(10)21-16-18-6-13-15(22-16)25(17(26)23(13)2)11-3-4-27-8-11/h5-7,9,11H,3-4,8H2,1-2H3,(H,18,21,22)/t11-/m1/s1. The van der Waals surface area contributed by atoms with Crippen LogP contribution in [0.4, 0.5) is 11.6 Å². The third-order valence-corrected chi connectivity index (χ3v) is 6.12. The van der Waals surface area contributed by atoms with E-state index >= 15 is 0 Å². The van der Waals surface area contributed by atoms with Gasteiger partial charge < -0.3 is 5.32 Å². The molecule has 0 aromatic carbocycles. The van der Waals surface area contributed by atoms with Gasteiger partial charge in [0.1, 0.15) is 11.8 Å². The summed E-state index contributed by atoms with van der Waals surface area (Å²) >= 11 is 1.87. The zero-order valence-corrected chi connectivity index (χ0v) is 15.8. The van der Waals surface area contributed by atoms with Gasteiger partial charge in [-0.1, -0.05) is 0 Å². The van der Waals surface area contributed by atoms with E-state index < -0.39 is 0 Å². The molecule has 4 aromatic heterocycles. The molecule has 0 unspecified atom stereocenters. The first kappa shape index (κ1) is 16.3.